The number of hydrogen-bond donors (Lipinski definition) is 1. The predicted octanol–water partition coefficient (Wildman–Crippen LogP) is 4.97. The van der Waals surface area contributed by atoms with E-state index in [-0.39, 0.29) is 17.4 Å². The summed E-state index contributed by atoms with van der Waals surface area (Å²) in [7, 11) is 0. The fourth-order valence-corrected chi connectivity index (χ4v) is 1.97. The lowest BCUT2D eigenvalue weighted by Gasteiger charge is -2.14. The van der Waals surface area contributed by atoms with Crippen molar-refractivity contribution in [3.05, 3.63) is 70.0 Å². The smallest absolute Gasteiger partial charge is 0.320 e. The van der Waals surface area contributed by atoms with Crippen molar-refractivity contribution in [2.75, 3.05) is 0 Å². The van der Waals surface area contributed by atoms with E-state index in [0.29, 0.717) is 11.1 Å². The number of benzene rings is 2. The Kier molecular flexibility index (Phi) is 5.61. The maximum absolute atomic E-state index is 13.1. The molecule has 2 aromatic carbocycles. The normalized spacial score (nSPS) is 12.7. The summed E-state index contributed by atoms with van der Waals surface area (Å²) >= 11 is 5.65. The second kappa shape index (κ2) is 6.64. The molecule has 0 fully saturated rings. The summed E-state index contributed by atoms with van der Waals surface area (Å²) in [5.41, 5.74) is 6.20. The van der Waals surface area contributed by atoms with Gasteiger partial charge < -0.3 is 5.73 Å². The molecule has 1 nitrogen and oxygen atoms in total. The molecule has 0 spiro atoms. The average Bonchev–Trinajstić information content (AvgIpc) is 2.40. The first-order chi connectivity index (χ1) is 9.29. The summed E-state index contributed by atoms with van der Waals surface area (Å²) in [6.45, 7) is 0. The van der Waals surface area contributed by atoms with Gasteiger partial charge in [0.1, 0.15) is 5.82 Å². The zero-order chi connectivity index (χ0) is 14.9. The Balaban J connectivity index is 0.00000220. The van der Waals surface area contributed by atoms with Crippen LogP contribution in [0.5, 0.6) is 0 Å². The van der Waals surface area contributed by atoms with E-state index in [0.717, 1.165) is 12.1 Å². The van der Waals surface area contributed by atoms with Crippen LogP contribution in [0.3, 0.4) is 0 Å². The van der Waals surface area contributed by atoms with E-state index in [2.05, 4.69) is 0 Å². The Morgan fingerprint density at radius 2 is 1.48 bits per heavy atom. The molecule has 0 aliphatic rings. The average molecular weight is 340 g/mol. The molecule has 0 aromatic heterocycles. The van der Waals surface area contributed by atoms with E-state index in [9.17, 15) is 17.6 Å². The van der Waals surface area contributed by atoms with Crippen molar-refractivity contribution < 1.29 is 17.6 Å². The molecule has 2 rings (SSSR count). The van der Waals surface area contributed by atoms with E-state index in [1.807, 2.05) is 0 Å². The third kappa shape index (κ3) is 4.09. The monoisotopic (exact) mass is 339 g/mol. The zero-order valence-electron chi connectivity index (χ0n) is 10.5. The molecule has 0 saturated carbocycles. The van der Waals surface area contributed by atoms with E-state index >= 15 is 0 Å². The molecule has 7 heteroatoms. The summed E-state index contributed by atoms with van der Waals surface area (Å²) in [5, 5.41) is -0.0788. The van der Waals surface area contributed by atoms with Crippen molar-refractivity contribution in [3.8, 4) is 0 Å². The molecular formula is C14H11Cl2F4N. The summed E-state index contributed by atoms with van der Waals surface area (Å²) in [4.78, 5) is 0. The maximum atomic E-state index is 13.1. The predicted molar refractivity (Wildman–Crippen MR) is 76.1 cm³/mol. The van der Waals surface area contributed by atoms with Gasteiger partial charge in [0.2, 0.25) is 0 Å². The van der Waals surface area contributed by atoms with Crippen molar-refractivity contribution in [1.29, 1.82) is 0 Å². The zero-order valence-corrected chi connectivity index (χ0v) is 12.1. The number of alkyl halides is 3. The van der Waals surface area contributed by atoms with Crippen LogP contribution in [0.25, 0.3) is 0 Å². The third-order valence-corrected chi connectivity index (χ3v) is 3.19. The van der Waals surface area contributed by atoms with Gasteiger partial charge in [-0.05, 0) is 35.4 Å². The van der Waals surface area contributed by atoms with E-state index in [1.165, 1.54) is 30.3 Å². The molecule has 0 aliphatic carbocycles. The molecule has 1 atom stereocenters. The molecule has 0 radical (unpaired) electrons. The Morgan fingerprint density at radius 3 is 1.95 bits per heavy atom. The van der Waals surface area contributed by atoms with Crippen LogP contribution >= 0.6 is 24.0 Å². The summed E-state index contributed by atoms with van der Waals surface area (Å²) in [5.74, 6) is -0.574. The van der Waals surface area contributed by atoms with Crippen molar-refractivity contribution in [2.45, 2.75) is 12.2 Å². The molecule has 0 unspecified atom stereocenters. The van der Waals surface area contributed by atoms with Gasteiger partial charge in [-0.25, -0.2) is 4.39 Å². The van der Waals surface area contributed by atoms with Crippen LogP contribution in [0.2, 0.25) is 5.02 Å². The van der Waals surface area contributed by atoms with Crippen molar-refractivity contribution in [1.82, 2.24) is 0 Å². The van der Waals surface area contributed by atoms with Crippen LogP contribution in [-0.2, 0) is 6.18 Å². The van der Waals surface area contributed by atoms with Gasteiger partial charge in [-0.2, -0.15) is 13.2 Å². The van der Waals surface area contributed by atoms with E-state index < -0.39 is 23.6 Å². The van der Waals surface area contributed by atoms with Crippen LogP contribution in [0.4, 0.5) is 17.6 Å². The Hall–Kier alpha value is -1.30. The molecule has 0 amide bonds. The fourth-order valence-electron chi connectivity index (χ4n) is 1.78. The highest BCUT2D eigenvalue weighted by Crippen LogP contribution is 2.31. The first-order valence-corrected chi connectivity index (χ1v) is 6.04. The Bertz CT molecular complexity index is 611. The number of rotatable bonds is 2. The quantitative estimate of drug-likeness (QED) is 0.768. The van der Waals surface area contributed by atoms with Crippen LogP contribution in [0.15, 0.2) is 42.5 Å². The molecule has 21 heavy (non-hydrogen) atoms. The topological polar surface area (TPSA) is 26.0 Å². The van der Waals surface area contributed by atoms with Crippen LogP contribution in [-0.4, -0.2) is 0 Å². The van der Waals surface area contributed by atoms with E-state index in [4.69, 9.17) is 17.3 Å². The lowest BCUT2D eigenvalue weighted by atomic mass is 9.98. The molecule has 0 saturated heterocycles. The van der Waals surface area contributed by atoms with Crippen molar-refractivity contribution in [3.63, 3.8) is 0 Å². The second-order valence-corrected chi connectivity index (χ2v) is 4.68. The Labute approximate surface area is 130 Å². The largest absolute Gasteiger partial charge is 0.416 e. The number of halogens is 6. The SMILES string of the molecule is Cl.N[C@H](c1ccc(C(F)(F)F)cc1)c1ccc(F)c(Cl)c1. The van der Waals surface area contributed by atoms with Gasteiger partial charge in [-0.3, -0.25) is 0 Å². The van der Waals surface area contributed by atoms with Gasteiger partial charge in [-0.15, -0.1) is 12.4 Å². The molecule has 0 bridgehead atoms. The second-order valence-electron chi connectivity index (χ2n) is 4.27. The van der Waals surface area contributed by atoms with Crippen LogP contribution < -0.4 is 5.73 Å². The highest BCUT2D eigenvalue weighted by Gasteiger charge is 2.30. The van der Waals surface area contributed by atoms with Crippen LogP contribution in [0, 0.1) is 5.82 Å². The van der Waals surface area contributed by atoms with Gasteiger partial charge in [0.05, 0.1) is 16.6 Å². The minimum atomic E-state index is -4.39. The van der Waals surface area contributed by atoms with Crippen LogP contribution in [0.1, 0.15) is 22.7 Å². The van der Waals surface area contributed by atoms with Crippen molar-refractivity contribution in [2.24, 2.45) is 5.73 Å². The number of nitrogens with two attached hydrogens (primary N) is 1. The standard InChI is InChI=1S/C14H10ClF4N.ClH/c15-11-7-9(3-6-12(11)16)13(20)8-1-4-10(5-2-8)14(17,18)19;/h1-7,13H,20H2;1H/t13-;/m1./s1. The first-order valence-electron chi connectivity index (χ1n) is 5.66. The van der Waals surface area contributed by atoms with Crippen molar-refractivity contribution >= 4 is 24.0 Å². The summed E-state index contributed by atoms with van der Waals surface area (Å²) in [6.07, 6.45) is -4.39. The molecule has 2 N–H and O–H groups in total. The Morgan fingerprint density at radius 1 is 0.952 bits per heavy atom. The minimum absolute atomic E-state index is 0. The molecule has 114 valence electrons. The lowest BCUT2D eigenvalue weighted by Crippen LogP contribution is -2.13. The highest BCUT2D eigenvalue weighted by atomic mass is 35.5. The summed E-state index contributed by atoms with van der Waals surface area (Å²) < 4.78 is 50.4. The van der Waals surface area contributed by atoms with Gasteiger partial charge in [-0.1, -0.05) is 29.8 Å². The highest BCUT2D eigenvalue weighted by molar-refractivity contribution is 6.30. The lowest BCUT2D eigenvalue weighted by molar-refractivity contribution is -0.137. The van der Waals surface area contributed by atoms with Gasteiger partial charge in [0, 0.05) is 0 Å². The van der Waals surface area contributed by atoms with Gasteiger partial charge in [0.15, 0.2) is 0 Å². The minimum Gasteiger partial charge on any atom is -0.320 e. The molecule has 0 aliphatic heterocycles. The number of hydrogen-bond acceptors (Lipinski definition) is 1. The molecular weight excluding hydrogens is 329 g/mol. The first kappa shape index (κ1) is 17.8. The molecule has 2 aromatic rings. The summed E-state index contributed by atoms with van der Waals surface area (Å²) in [6, 6.07) is 7.82. The van der Waals surface area contributed by atoms with Gasteiger partial charge >= 0.3 is 6.18 Å². The van der Waals surface area contributed by atoms with E-state index in [1.54, 1.807) is 0 Å². The molecule has 0 heterocycles. The third-order valence-electron chi connectivity index (χ3n) is 2.90. The maximum Gasteiger partial charge on any atom is 0.416 e. The fraction of sp³-hybridized carbons (Fsp3) is 0.143. The van der Waals surface area contributed by atoms with Gasteiger partial charge in [0.25, 0.3) is 0 Å².